The summed E-state index contributed by atoms with van der Waals surface area (Å²) in [5.41, 5.74) is 1.06. The molecule has 2 N–H and O–H groups in total. The van der Waals surface area contributed by atoms with Crippen molar-refractivity contribution < 1.29 is 5.11 Å². The van der Waals surface area contributed by atoms with Crippen molar-refractivity contribution in [3.8, 4) is 0 Å². The van der Waals surface area contributed by atoms with Crippen LogP contribution in [0.4, 0.5) is 0 Å². The van der Waals surface area contributed by atoms with E-state index in [1.165, 1.54) is 0 Å². The minimum Gasteiger partial charge on any atom is -0.380 e. The van der Waals surface area contributed by atoms with Crippen molar-refractivity contribution in [1.29, 1.82) is 0 Å². The smallest absolute Gasteiger partial charge is 0.122 e. The zero-order chi connectivity index (χ0) is 11.9. The molecule has 0 fully saturated rings. The SMILES string of the molecule is CC(O)(c1cccs1)c1cccc2[nH]ccc12. The van der Waals surface area contributed by atoms with Gasteiger partial charge in [-0.2, -0.15) is 0 Å². The molecule has 0 saturated heterocycles. The molecule has 0 aliphatic carbocycles. The second-order valence-corrected chi connectivity index (χ2v) is 5.24. The van der Waals surface area contributed by atoms with E-state index in [4.69, 9.17) is 0 Å². The number of hydrogen-bond acceptors (Lipinski definition) is 2. The lowest BCUT2D eigenvalue weighted by Gasteiger charge is -2.23. The molecule has 2 aromatic heterocycles. The average Bonchev–Trinajstić information content (AvgIpc) is 2.99. The molecule has 0 aliphatic heterocycles. The first-order valence-corrected chi connectivity index (χ1v) is 6.40. The van der Waals surface area contributed by atoms with Gasteiger partial charge in [0.1, 0.15) is 5.60 Å². The number of aliphatic hydroxyl groups is 1. The van der Waals surface area contributed by atoms with Gasteiger partial charge in [0.25, 0.3) is 0 Å². The predicted octanol–water partition coefficient (Wildman–Crippen LogP) is 3.49. The van der Waals surface area contributed by atoms with Crippen molar-refractivity contribution in [2.45, 2.75) is 12.5 Å². The molecule has 1 atom stereocenters. The molecule has 0 bridgehead atoms. The van der Waals surface area contributed by atoms with E-state index in [2.05, 4.69) is 4.98 Å². The molecule has 0 saturated carbocycles. The van der Waals surface area contributed by atoms with Gasteiger partial charge in [-0.1, -0.05) is 18.2 Å². The zero-order valence-corrected chi connectivity index (χ0v) is 10.3. The highest BCUT2D eigenvalue weighted by atomic mass is 32.1. The van der Waals surface area contributed by atoms with Gasteiger partial charge in [0.2, 0.25) is 0 Å². The molecule has 0 amide bonds. The van der Waals surface area contributed by atoms with Crippen LogP contribution in [-0.4, -0.2) is 10.1 Å². The Kier molecular flexibility index (Phi) is 2.31. The largest absolute Gasteiger partial charge is 0.380 e. The molecule has 2 heterocycles. The van der Waals surface area contributed by atoms with Crippen LogP contribution in [0.5, 0.6) is 0 Å². The summed E-state index contributed by atoms with van der Waals surface area (Å²) < 4.78 is 0. The number of benzene rings is 1. The Morgan fingerprint density at radius 3 is 2.82 bits per heavy atom. The van der Waals surface area contributed by atoms with Crippen molar-refractivity contribution in [3.63, 3.8) is 0 Å². The summed E-state index contributed by atoms with van der Waals surface area (Å²) in [5.74, 6) is 0. The minimum atomic E-state index is -0.935. The van der Waals surface area contributed by atoms with E-state index in [9.17, 15) is 5.11 Å². The number of aromatic nitrogens is 1. The van der Waals surface area contributed by atoms with Crippen LogP contribution in [0.1, 0.15) is 17.4 Å². The van der Waals surface area contributed by atoms with E-state index in [0.29, 0.717) is 0 Å². The third-order valence-corrected chi connectivity index (χ3v) is 4.20. The van der Waals surface area contributed by atoms with Crippen molar-refractivity contribution in [2.75, 3.05) is 0 Å². The van der Waals surface area contributed by atoms with Crippen LogP contribution in [-0.2, 0) is 5.60 Å². The molecule has 0 radical (unpaired) electrons. The number of H-pyrrole nitrogens is 1. The highest BCUT2D eigenvalue weighted by Crippen LogP contribution is 2.35. The highest BCUT2D eigenvalue weighted by Gasteiger charge is 2.28. The summed E-state index contributed by atoms with van der Waals surface area (Å²) in [7, 11) is 0. The van der Waals surface area contributed by atoms with Crippen molar-refractivity contribution in [2.24, 2.45) is 0 Å². The Bertz CT molecular complexity index is 637. The van der Waals surface area contributed by atoms with Crippen LogP contribution in [0.3, 0.4) is 0 Å². The normalized spacial score (nSPS) is 14.9. The van der Waals surface area contributed by atoms with Gasteiger partial charge < -0.3 is 10.1 Å². The molecule has 3 rings (SSSR count). The van der Waals surface area contributed by atoms with Gasteiger partial charge >= 0.3 is 0 Å². The lowest BCUT2D eigenvalue weighted by molar-refractivity contribution is 0.108. The van der Waals surface area contributed by atoms with Crippen molar-refractivity contribution in [3.05, 3.63) is 58.4 Å². The van der Waals surface area contributed by atoms with Gasteiger partial charge in [-0.15, -0.1) is 11.3 Å². The zero-order valence-electron chi connectivity index (χ0n) is 9.47. The van der Waals surface area contributed by atoms with E-state index in [1.54, 1.807) is 11.3 Å². The molecule has 2 nitrogen and oxygen atoms in total. The fraction of sp³-hybridized carbons (Fsp3) is 0.143. The van der Waals surface area contributed by atoms with Crippen molar-refractivity contribution >= 4 is 22.2 Å². The number of nitrogens with one attached hydrogen (secondary N) is 1. The molecule has 0 aliphatic rings. The molecule has 1 unspecified atom stereocenters. The van der Waals surface area contributed by atoms with Gasteiger partial charge in [0.05, 0.1) is 0 Å². The fourth-order valence-electron chi connectivity index (χ4n) is 2.20. The maximum atomic E-state index is 10.8. The Labute approximate surface area is 104 Å². The maximum absolute atomic E-state index is 10.8. The highest BCUT2D eigenvalue weighted by molar-refractivity contribution is 7.10. The van der Waals surface area contributed by atoms with E-state index in [1.807, 2.05) is 54.9 Å². The third kappa shape index (κ3) is 1.59. The first-order valence-electron chi connectivity index (χ1n) is 5.52. The molecule has 0 spiro atoms. The Hall–Kier alpha value is -1.58. The number of rotatable bonds is 2. The molecule has 86 valence electrons. The molecule has 1 aromatic carbocycles. The summed E-state index contributed by atoms with van der Waals surface area (Å²) in [6.07, 6.45) is 1.90. The van der Waals surface area contributed by atoms with Crippen LogP contribution in [0.15, 0.2) is 48.0 Å². The Morgan fingerprint density at radius 2 is 2.06 bits per heavy atom. The average molecular weight is 243 g/mol. The molecular formula is C14H13NOS. The standard InChI is InChI=1S/C14H13NOS/c1-14(16,13-6-3-9-17-13)11-4-2-5-12-10(11)7-8-15-12/h2-9,15-16H,1H3. The quantitative estimate of drug-likeness (QED) is 0.710. The summed E-state index contributed by atoms with van der Waals surface area (Å²) in [6.45, 7) is 1.85. The van der Waals surface area contributed by atoms with E-state index in [-0.39, 0.29) is 0 Å². The van der Waals surface area contributed by atoms with Gasteiger partial charge in [0.15, 0.2) is 0 Å². The maximum Gasteiger partial charge on any atom is 0.122 e. The van der Waals surface area contributed by atoms with Crippen LogP contribution in [0, 0.1) is 0 Å². The van der Waals surface area contributed by atoms with Crippen LogP contribution in [0.25, 0.3) is 10.9 Å². The van der Waals surface area contributed by atoms with Gasteiger partial charge in [-0.3, -0.25) is 0 Å². The van der Waals surface area contributed by atoms with E-state index < -0.39 is 5.60 Å². The van der Waals surface area contributed by atoms with Gasteiger partial charge in [-0.05, 0) is 36.1 Å². The monoisotopic (exact) mass is 243 g/mol. The third-order valence-electron chi connectivity index (χ3n) is 3.12. The molecule has 3 heteroatoms. The Morgan fingerprint density at radius 1 is 1.18 bits per heavy atom. The van der Waals surface area contributed by atoms with Crippen LogP contribution < -0.4 is 0 Å². The molecule has 3 aromatic rings. The number of fused-ring (bicyclic) bond motifs is 1. The molecule has 17 heavy (non-hydrogen) atoms. The fourth-order valence-corrected chi connectivity index (χ4v) is 3.00. The topological polar surface area (TPSA) is 36.0 Å². The van der Waals surface area contributed by atoms with Crippen LogP contribution in [0.2, 0.25) is 0 Å². The summed E-state index contributed by atoms with van der Waals surface area (Å²) in [4.78, 5) is 4.13. The minimum absolute atomic E-state index is 0.935. The lowest BCUT2D eigenvalue weighted by atomic mass is 9.91. The van der Waals surface area contributed by atoms with Gasteiger partial charge in [-0.25, -0.2) is 0 Å². The Balaban J connectivity index is 2.24. The predicted molar refractivity (Wildman–Crippen MR) is 71.3 cm³/mol. The summed E-state index contributed by atoms with van der Waals surface area (Å²) in [5, 5.41) is 13.8. The summed E-state index contributed by atoms with van der Waals surface area (Å²) >= 11 is 1.58. The first kappa shape index (κ1) is 10.6. The second kappa shape index (κ2) is 3.72. The van der Waals surface area contributed by atoms with Crippen molar-refractivity contribution in [1.82, 2.24) is 4.98 Å². The second-order valence-electron chi connectivity index (χ2n) is 4.29. The van der Waals surface area contributed by atoms with E-state index >= 15 is 0 Å². The number of thiophene rings is 1. The van der Waals surface area contributed by atoms with Crippen LogP contribution >= 0.6 is 11.3 Å². The lowest BCUT2D eigenvalue weighted by Crippen LogP contribution is -2.21. The van der Waals surface area contributed by atoms with E-state index in [0.717, 1.165) is 21.3 Å². The van der Waals surface area contributed by atoms with Gasteiger partial charge in [0, 0.05) is 22.0 Å². The first-order chi connectivity index (χ1) is 8.19. The number of aromatic amines is 1. The molecular weight excluding hydrogens is 230 g/mol. The summed E-state index contributed by atoms with van der Waals surface area (Å²) in [6, 6.07) is 11.9. The number of hydrogen-bond donors (Lipinski definition) is 2.